The second kappa shape index (κ2) is 4.58. The Balaban J connectivity index is 2.37. The van der Waals surface area contributed by atoms with E-state index in [1.54, 1.807) is 0 Å². The average molecular weight is 186 g/mol. The summed E-state index contributed by atoms with van der Waals surface area (Å²) >= 11 is 0. The van der Waals surface area contributed by atoms with Crippen molar-refractivity contribution in [3.63, 3.8) is 0 Å². The van der Waals surface area contributed by atoms with Crippen LogP contribution < -0.4 is 5.32 Å². The van der Waals surface area contributed by atoms with Crippen LogP contribution in [0.15, 0.2) is 0 Å². The Bertz CT molecular complexity index is 182. The predicted molar refractivity (Wildman–Crippen MR) is 50.7 cm³/mol. The van der Waals surface area contributed by atoms with Crippen molar-refractivity contribution in [3.05, 3.63) is 0 Å². The molecule has 1 fully saturated rings. The fraction of sp³-hybridized carbons (Fsp3) is 0.889. The molecule has 0 radical (unpaired) electrons. The summed E-state index contributed by atoms with van der Waals surface area (Å²) in [6, 6.07) is 0.438. The lowest BCUT2D eigenvalue weighted by molar-refractivity contribution is -0.138. The van der Waals surface area contributed by atoms with Crippen LogP contribution in [0, 0.1) is 5.92 Å². The first kappa shape index (κ1) is 10.5. The first-order valence-electron chi connectivity index (χ1n) is 4.77. The number of piperazine rings is 1. The number of hydrogen-bond donors (Lipinski definition) is 2. The lowest BCUT2D eigenvalue weighted by Gasteiger charge is -2.34. The zero-order chi connectivity index (χ0) is 9.84. The maximum atomic E-state index is 10.5. The van der Waals surface area contributed by atoms with Gasteiger partial charge in [-0.25, -0.2) is 0 Å². The van der Waals surface area contributed by atoms with Crippen molar-refractivity contribution in [1.29, 1.82) is 0 Å². The minimum Gasteiger partial charge on any atom is -0.480 e. The summed E-state index contributed by atoms with van der Waals surface area (Å²) in [5.74, 6) is -0.166. The van der Waals surface area contributed by atoms with Gasteiger partial charge in [-0.1, -0.05) is 13.8 Å². The fourth-order valence-corrected chi connectivity index (χ4v) is 1.62. The van der Waals surface area contributed by atoms with Crippen LogP contribution in [-0.2, 0) is 4.79 Å². The molecule has 1 heterocycles. The van der Waals surface area contributed by atoms with Gasteiger partial charge in [0.25, 0.3) is 0 Å². The van der Waals surface area contributed by atoms with Crippen LogP contribution in [0.3, 0.4) is 0 Å². The van der Waals surface area contributed by atoms with E-state index in [9.17, 15) is 4.79 Å². The monoisotopic (exact) mass is 186 g/mol. The van der Waals surface area contributed by atoms with Crippen LogP contribution in [0.4, 0.5) is 0 Å². The van der Waals surface area contributed by atoms with Crippen molar-refractivity contribution in [2.45, 2.75) is 19.9 Å². The van der Waals surface area contributed by atoms with Gasteiger partial charge in [-0.05, 0) is 5.92 Å². The molecule has 0 amide bonds. The van der Waals surface area contributed by atoms with Crippen molar-refractivity contribution in [2.75, 3.05) is 26.2 Å². The Kier molecular flexibility index (Phi) is 3.69. The van der Waals surface area contributed by atoms with Gasteiger partial charge in [0.1, 0.15) is 0 Å². The van der Waals surface area contributed by atoms with Crippen molar-refractivity contribution >= 4 is 5.97 Å². The fourth-order valence-electron chi connectivity index (χ4n) is 1.62. The molecule has 0 aromatic rings. The Morgan fingerprint density at radius 1 is 1.69 bits per heavy atom. The molecule has 1 aliphatic rings. The van der Waals surface area contributed by atoms with Gasteiger partial charge in [-0.3, -0.25) is 9.69 Å². The van der Waals surface area contributed by atoms with Crippen molar-refractivity contribution in [3.8, 4) is 0 Å². The smallest absolute Gasteiger partial charge is 0.317 e. The van der Waals surface area contributed by atoms with E-state index in [1.165, 1.54) is 0 Å². The summed E-state index contributed by atoms with van der Waals surface area (Å²) in [5, 5.41) is 12.0. The lowest BCUT2D eigenvalue weighted by Crippen LogP contribution is -2.53. The van der Waals surface area contributed by atoms with Gasteiger partial charge in [0.05, 0.1) is 6.54 Å². The van der Waals surface area contributed by atoms with Gasteiger partial charge >= 0.3 is 5.97 Å². The molecule has 76 valence electrons. The highest BCUT2D eigenvalue weighted by Crippen LogP contribution is 2.07. The summed E-state index contributed by atoms with van der Waals surface area (Å²) in [4.78, 5) is 12.5. The number of carboxylic acid groups (broad SMARTS) is 1. The maximum Gasteiger partial charge on any atom is 0.317 e. The van der Waals surface area contributed by atoms with Crippen molar-refractivity contribution < 1.29 is 9.90 Å². The van der Waals surface area contributed by atoms with Crippen molar-refractivity contribution in [2.24, 2.45) is 5.92 Å². The summed E-state index contributed by atoms with van der Waals surface area (Å²) in [7, 11) is 0. The Morgan fingerprint density at radius 3 is 2.92 bits per heavy atom. The minimum absolute atomic E-state index is 0.172. The SMILES string of the molecule is CC(C)[C@H]1CN(CC(=O)O)CCN1. The summed E-state index contributed by atoms with van der Waals surface area (Å²) < 4.78 is 0. The van der Waals surface area contributed by atoms with Gasteiger partial charge in [0, 0.05) is 25.7 Å². The van der Waals surface area contributed by atoms with E-state index in [2.05, 4.69) is 19.2 Å². The first-order valence-corrected chi connectivity index (χ1v) is 4.77. The molecule has 0 aliphatic carbocycles. The molecule has 4 nitrogen and oxygen atoms in total. The molecular formula is C9H18N2O2. The molecule has 2 N–H and O–H groups in total. The third kappa shape index (κ3) is 3.32. The number of carbonyl (C=O) groups is 1. The highest BCUT2D eigenvalue weighted by Gasteiger charge is 2.22. The molecule has 0 bridgehead atoms. The molecule has 13 heavy (non-hydrogen) atoms. The van der Waals surface area contributed by atoms with Gasteiger partial charge in [0.15, 0.2) is 0 Å². The van der Waals surface area contributed by atoms with Gasteiger partial charge in [-0.15, -0.1) is 0 Å². The minimum atomic E-state index is -0.732. The maximum absolute atomic E-state index is 10.5. The van der Waals surface area contributed by atoms with E-state index in [-0.39, 0.29) is 6.54 Å². The number of nitrogens with zero attached hydrogens (tertiary/aromatic N) is 1. The Morgan fingerprint density at radius 2 is 2.38 bits per heavy atom. The van der Waals surface area contributed by atoms with Crippen LogP contribution in [0.2, 0.25) is 0 Å². The number of carboxylic acids is 1. The highest BCUT2D eigenvalue weighted by atomic mass is 16.4. The second-order valence-electron chi connectivity index (χ2n) is 3.93. The van der Waals surface area contributed by atoms with Crippen LogP contribution in [0.25, 0.3) is 0 Å². The molecule has 0 spiro atoms. The van der Waals surface area contributed by atoms with E-state index in [1.807, 2.05) is 4.90 Å². The molecule has 0 unspecified atom stereocenters. The molecule has 1 atom stereocenters. The van der Waals surface area contributed by atoms with E-state index in [0.717, 1.165) is 19.6 Å². The quantitative estimate of drug-likeness (QED) is 0.651. The average Bonchev–Trinajstić information content (AvgIpc) is 2.03. The van der Waals surface area contributed by atoms with E-state index >= 15 is 0 Å². The lowest BCUT2D eigenvalue weighted by atomic mass is 10.0. The normalized spacial score (nSPS) is 25.0. The highest BCUT2D eigenvalue weighted by molar-refractivity contribution is 5.69. The molecule has 1 rings (SSSR count). The summed E-state index contributed by atoms with van der Waals surface area (Å²) in [6.45, 7) is 7.07. The molecular weight excluding hydrogens is 168 g/mol. The molecule has 0 aromatic carbocycles. The molecule has 4 heteroatoms. The standard InChI is InChI=1S/C9H18N2O2/c1-7(2)8-5-11(4-3-10-8)6-9(12)13/h7-8,10H,3-6H2,1-2H3,(H,12,13)/t8-/m1/s1. The van der Waals surface area contributed by atoms with Crippen LogP contribution >= 0.6 is 0 Å². The summed E-state index contributed by atoms with van der Waals surface area (Å²) in [6.07, 6.45) is 0. The third-order valence-corrected chi connectivity index (χ3v) is 2.45. The topological polar surface area (TPSA) is 52.6 Å². The van der Waals surface area contributed by atoms with Gasteiger partial charge in [0.2, 0.25) is 0 Å². The van der Waals surface area contributed by atoms with E-state index < -0.39 is 5.97 Å². The van der Waals surface area contributed by atoms with E-state index in [0.29, 0.717) is 12.0 Å². The van der Waals surface area contributed by atoms with Crippen molar-refractivity contribution in [1.82, 2.24) is 10.2 Å². The van der Waals surface area contributed by atoms with Crippen LogP contribution in [0.1, 0.15) is 13.8 Å². The number of aliphatic carboxylic acids is 1. The molecule has 0 aromatic heterocycles. The molecule has 1 aliphatic heterocycles. The van der Waals surface area contributed by atoms with E-state index in [4.69, 9.17) is 5.11 Å². The van der Waals surface area contributed by atoms with Gasteiger partial charge in [-0.2, -0.15) is 0 Å². The predicted octanol–water partition coefficient (Wildman–Crippen LogP) is 0.000800. The van der Waals surface area contributed by atoms with Crippen LogP contribution in [0.5, 0.6) is 0 Å². The molecule has 1 saturated heterocycles. The van der Waals surface area contributed by atoms with Crippen LogP contribution in [-0.4, -0.2) is 48.2 Å². The third-order valence-electron chi connectivity index (χ3n) is 2.45. The second-order valence-corrected chi connectivity index (χ2v) is 3.93. The Labute approximate surface area is 78.9 Å². The zero-order valence-electron chi connectivity index (χ0n) is 8.29. The summed E-state index contributed by atoms with van der Waals surface area (Å²) in [5.41, 5.74) is 0. The van der Waals surface area contributed by atoms with Gasteiger partial charge < -0.3 is 10.4 Å². The molecule has 0 saturated carbocycles. The largest absolute Gasteiger partial charge is 0.480 e. The zero-order valence-corrected chi connectivity index (χ0v) is 8.29. The number of rotatable bonds is 3. The number of nitrogens with one attached hydrogen (secondary N) is 1. The number of hydrogen-bond acceptors (Lipinski definition) is 3. The first-order chi connectivity index (χ1) is 6.09. The Hall–Kier alpha value is -0.610.